The molecule has 5 heteroatoms. The van der Waals surface area contributed by atoms with Crippen LogP contribution in [0.4, 0.5) is 4.39 Å². The van der Waals surface area contributed by atoms with Crippen molar-refractivity contribution in [1.82, 2.24) is 5.32 Å². The molecule has 0 atom stereocenters. The first kappa shape index (κ1) is 14.4. The molecular formula is C13H20FN3O. The van der Waals surface area contributed by atoms with Crippen LogP contribution in [0.2, 0.25) is 0 Å². The predicted molar refractivity (Wildman–Crippen MR) is 70.1 cm³/mol. The Morgan fingerprint density at radius 1 is 1.44 bits per heavy atom. The highest BCUT2D eigenvalue weighted by atomic mass is 19.1. The quantitative estimate of drug-likeness (QED) is 0.333. The molecule has 0 radical (unpaired) electrons. The van der Waals surface area contributed by atoms with Gasteiger partial charge in [0.15, 0.2) is 5.84 Å². The van der Waals surface area contributed by atoms with Crippen molar-refractivity contribution in [2.45, 2.75) is 27.3 Å². The van der Waals surface area contributed by atoms with E-state index < -0.39 is 5.82 Å². The summed E-state index contributed by atoms with van der Waals surface area (Å²) in [7, 11) is 0. The Hall–Kier alpha value is -1.62. The first-order chi connectivity index (χ1) is 8.35. The molecule has 0 aromatic heterocycles. The van der Waals surface area contributed by atoms with E-state index in [-0.39, 0.29) is 16.8 Å². The zero-order valence-electron chi connectivity index (χ0n) is 11.0. The van der Waals surface area contributed by atoms with Crippen LogP contribution in [-0.2, 0) is 6.54 Å². The second-order valence-electron chi connectivity index (χ2n) is 5.43. The second kappa shape index (κ2) is 5.82. The number of nitrogens with two attached hydrogens (primary N) is 1. The first-order valence-corrected chi connectivity index (χ1v) is 5.81. The summed E-state index contributed by atoms with van der Waals surface area (Å²) < 4.78 is 14.0. The van der Waals surface area contributed by atoms with Crippen molar-refractivity contribution < 1.29 is 9.60 Å². The summed E-state index contributed by atoms with van der Waals surface area (Å²) in [5.74, 6) is -0.667. The van der Waals surface area contributed by atoms with Crippen LogP contribution in [0.25, 0.3) is 0 Å². The summed E-state index contributed by atoms with van der Waals surface area (Å²) >= 11 is 0. The van der Waals surface area contributed by atoms with Crippen molar-refractivity contribution in [1.29, 1.82) is 0 Å². The zero-order chi connectivity index (χ0) is 13.8. The Kier molecular flexibility index (Phi) is 4.67. The molecule has 0 aliphatic heterocycles. The van der Waals surface area contributed by atoms with Gasteiger partial charge in [-0.15, -0.1) is 0 Å². The van der Waals surface area contributed by atoms with E-state index in [1.807, 2.05) is 0 Å². The van der Waals surface area contributed by atoms with Gasteiger partial charge in [0, 0.05) is 18.7 Å². The maximum atomic E-state index is 14.0. The van der Waals surface area contributed by atoms with Crippen LogP contribution < -0.4 is 11.1 Å². The highest BCUT2D eigenvalue weighted by Gasteiger charge is 2.13. The SMILES string of the molecule is CC(C)(C)CNCc1cccc(/C(N)=N/O)c1F. The molecule has 4 nitrogen and oxygen atoms in total. The molecule has 0 fully saturated rings. The summed E-state index contributed by atoms with van der Waals surface area (Å²) in [5.41, 5.74) is 6.16. The maximum absolute atomic E-state index is 14.0. The third kappa shape index (κ3) is 4.00. The number of amidine groups is 1. The Morgan fingerprint density at radius 2 is 2.11 bits per heavy atom. The Labute approximate surface area is 107 Å². The minimum atomic E-state index is -0.450. The molecule has 0 bridgehead atoms. The van der Waals surface area contributed by atoms with Crippen LogP contribution in [0.1, 0.15) is 31.9 Å². The molecule has 1 aromatic carbocycles. The van der Waals surface area contributed by atoms with Gasteiger partial charge < -0.3 is 16.3 Å². The summed E-state index contributed by atoms with van der Waals surface area (Å²) in [5, 5.41) is 14.6. The van der Waals surface area contributed by atoms with E-state index in [1.54, 1.807) is 12.1 Å². The predicted octanol–water partition coefficient (Wildman–Crippen LogP) is 2.06. The molecular weight excluding hydrogens is 233 g/mol. The smallest absolute Gasteiger partial charge is 0.173 e. The van der Waals surface area contributed by atoms with Gasteiger partial charge in [0.1, 0.15) is 5.82 Å². The van der Waals surface area contributed by atoms with Gasteiger partial charge in [-0.3, -0.25) is 0 Å². The number of rotatable bonds is 4. The van der Waals surface area contributed by atoms with E-state index in [0.29, 0.717) is 12.1 Å². The highest BCUT2D eigenvalue weighted by molar-refractivity contribution is 5.97. The third-order valence-electron chi connectivity index (χ3n) is 2.43. The molecule has 0 aliphatic carbocycles. The molecule has 0 amide bonds. The van der Waals surface area contributed by atoms with Gasteiger partial charge in [-0.25, -0.2) is 4.39 Å². The molecule has 0 aliphatic rings. The van der Waals surface area contributed by atoms with Crippen molar-refractivity contribution in [3.8, 4) is 0 Å². The van der Waals surface area contributed by atoms with E-state index in [0.717, 1.165) is 6.54 Å². The number of benzene rings is 1. The lowest BCUT2D eigenvalue weighted by molar-refractivity contribution is 0.318. The number of nitrogens with zero attached hydrogens (tertiary/aromatic N) is 1. The van der Waals surface area contributed by atoms with Gasteiger partial charge in [0.25, 0.3) is 0 Å². The average molecular weight is 253 g/mol. The molecule has 100 valence electrons. The molecule has 0 saturated heterocycles. The highest BCUT2D eigenvalue weighted by Crippen LogP contribution is 2.14. The van der Waals surface area contributed by atoms with Crippen LogP contribution in [-0.4, -0.2) is 17.6 Å². The molecule has 0 spiro atoms. The van der Waals surface area contributed by atoms with Gasteiger partial charge in [-0.1, -0.05) is 38.1 Å². The molecule has 0 heterocycles. The van der Waals surface area contributed by atoms with Gasteiger partial charge in [-0.2, -0.15) is 0 Å². The van der Waals surface area contributed by atoms with Gasteiger partial charge in [0.2, 0.25) is 0 Å². The molecule has 0 unspecified atom stereocenters. The topological polar surface area (TPSA) is 70.6 Å². The maximum Gasteiger partial charge on any atom is 0.173 e. The Morgan fingerprint density at radius 3 is 2.67 bits per heavy atom. The van der Waals surface area contributed by atoms with Crippen molar-refractivity contribution in [3.05, 3.63) is 35.1 Å². The van der Waals surface area contributed by atoms with Crippen LogP contribution in [0.15, 0.2) is 23.4 Å². The molecule has 0 saturated carbocycles. The summed E-state index contributed by atoms with van der Waals surface area (Å²) in [6.45, 7) is 7.49. The largest absolute Gasteiger partial charge is 0.409 e. The number of nitrogens with one attached hydrogen (secondary N) is 1. The number of hydrogen-bond acceptors (Lipinski definition) is 3. The van der Waals surface area contributed by atoms with Crippen LogP contribution in [0.3, 0.4) is 0 Å². The lowest BCUT2D eigenvalue weighted by Crippen LogP contribution is -2.27. The van der Waals surface area contributed by atoms with Crippen molar-refractivity contribution in [2.75, 3.05) is 6.54 Å². The van der Waals surface area contributed by atoms with E-state index in [1.165, 1.54) is 6.07 Å². The van der Waals surface area contributed by atoms with Gasteiger partial charge >= 0.3 is 0 Å². The number of hydrogen-bond donors (Lipinski definition) is 3. The summed E-state index contributed by atoms with van der Waals surface area (Å²) in [6.07, 6.45) is 0. The molecule has 1 aromatic rings. The lowest BCUT2D eigenvalue weighted by atomic mass is 9.97. The van der Waals surface area contributed by atoms with E-state index in [9.17, 15) is 4.39 Å². The summed E-state index contributed by atoms with van der Waals surface area (Å²) in [6, 6.07) is 4.85. The van der Waals surface area contributed by atoms with Crippen LogP contribution in [0, 0.1) is 11.2 Å². The molecule has 1 rings (SSSR count). The molecule has 4 N–H and O–H groups in total. The Bertz CT molecular complexity index is 438. The monoisotopic (exact) mass is 253 g/mol. The molecule has 18 heavy (non-hydrogen) atoms. The normalized spacial score (nSPS) is 12.8. The van der Waals surface area contributed by atoms with Gasteiger partial charge in [-0.05, 0) is 11.5 Å². The van der Waals surface area contributed by atoms with Gasteiger partial charge in [0.05, 0.1) is 5.56 Å². The fraction of sp³-hybridized carbons (Fsp3) is 0.462. The van der Waals surface area contributed by atoms with Crippen molar-refractivity contribution in [2.24, 2.45) is 16.3 Å². The van der Waals surface area contributed by atoms with Crippen LogP contribution in [0.5, 0.6) is 0 Å². The fourth-order valence-electron chi connectivity index (χ4n) is 1.54. The minimum Gasteiger partial charge on any atom is -0.409 e. The standard InChI is InChI=1S/C13H20FN3O/c1-13(2,3)8-16-7-9-5-4-6-10(11(9)14)12(15)17-18/h4-6,16,18H,7-8H2,1-3H3,(H2,15,17). The van der Waals surface area contributed by atoms with E-state index in [2.05, 4.69) is 31.2 Å². The number of oxime groups is 1. The Balaban J connectivity index is 2.79. The fourth-order valence-corrected chi connectivity index (χ4v) is 1.54. The van der Waals surface area contributed by atoms with E-state index >= 15 is 0 Å². The van der Waals surface area contributed by atoms with Crippen molar-refractivity contribution in [3.63, 3.8) is 0 Å². The second-order valence-corrected chi connectivity index (χ2v) is 5.43. The third-order valence-corrected chi connectivity index (χ3v) is 2.43. The van der Waals surface area contributed by atoms with Crippen molar-refractivity contribution >= 4 is 5.84 Å². The van der Waals surface area contributed by atoms with E-state index in [4.69, 9.17) is 10.9 Å². The zero-order valence-corrected chi connectivity index (χ0v) is 11.0. The van der Waals surface area contributed by atoms with Crippen LogP contribution >= 0.6 is 0 Å². The lowest BCUT2D eigenvalue weighted by Gasteiger charge is -2.19. The first-order valence-electron chi connectivity index (χ1n) is 5.81. The summed E-state index contributed by atoms with van der Waals surface area (Å²) in [4.78, 5) is 0. The average Bonchev–Trinajstić information content (AvgIpc) is 2.29. The number of halogens is 1. The minimum absolute atomic E-state index is 0.118.